The van der Waals surface area contributed by atoms with Crippen molar-refractivity contribution in [1.82, 2.24) is 19.3 Å². The first-order valence-corrected chi connectivity index (χ1v) is 7.90. The first-order valence-electron chi connectivity index (χ1n) is 7.90. The molecule has 0 unspecified atom stereocenters. The molecule has 0 bridgehead atoms. The average molecular weight is 329 g/mol. The summed E-state index contributed by atoms with van der Waals surface area (Å²) in [5, 5.41) is 7.83. The van der Waals surface area contributed by atoms with E-state index in [2.05, 4.69) is 21.0 Å². The van der Waals surface area contributed by atoms with Gasteiger partial charge in [0.25, 0.3) is 0 Å². The van der Waals surface area contributed by atoms with Crippen molar-refractivity contribution in [1.29, 1.82) is 0 Å². The number of fused-ring (bicyclic) bond motifs is 1. The van der Waals surface area contributed by atoms with Gasteiger partial charge < -0.3 is 19.4 Å². The van der Waals surface area contributed by atoms with E-state index >= 15 is 0 Å². The highest BCUT2D eigenvalue weighted by Crippen LogP contribution is 2.24. The van der Waals surface area contributed by atoms with Crippen LogP contribution in [0.1, 0.15) is 11.3 Å². The molecule has 0 aliphatic heterocycles. The third-order valence-electron chi connectivity index (χ3n) is 4.08. The summed E-state index contributed by atoms with van der Waals surface area (Å²) in [5.74, 6) is 1.58. The lowest BCUT2D eigenvalue weighted by Gasteiger charge is -2.11. The highest BCUT2D eigenvalue weighted by atomic mass is 16.5. The van der Waals surface area contributed by atoms with Crippen molar-refractivity contribution in [2.45, 2.75) is 20.0 Å². The van der Waals surface area contributed by atoms with Crippen LogP contribution < -0.4 is 10.1 Å². The Balaban J connectivity index is 1.90. The van der Waals surface area contributed by atoms with Gasteiger partial charge in [-0.15, -0.1) is 0 Å². The number of anilines is 1. The summed E-state index contributed by atoms with van der Waals surface area (Å²) >= 11 is 0. The predicted molar refractivity (Wildman–Crippen MR) is 93.4 cm³/mol. The molecule has 0 spiro atoms. The smallest absolute Gasteiger partial charge is 0.216 e. The van der Waals surface area contributed by atoms with E-state index in [9.17, 15) is 0 Å². The van der Waals surface area contributed by atoms with Gasteiger partial charge in [0.15, 0.2) is 0 Å². The van der Waals surface area contributed by atoms with Crippen LogP contribution in [-0.2, 0) is 24.9 Å². The highest BCUT2D eigenvalue weighted by molar-refractivity contribution is 5.78. The molecule has 0 fully saturated rings. The van der Waals surface area contributed by atoms with Crippen molar-refractivity contribution in [3.8, 4) is 5.88 Å². The normalized spacial score (nSPS) is 11.2. The molecule has 0 saturated carbocycles. The van der Waals surface area contributed by atoms with Crippen LogP contribution in [0.2, 0.25) is 0 Å². The van der Waals surface area contributed by atoms with Crippen LogP contribution in [0.25, 0.3) is 11.0 Å². The fourth-order valence-corrected chi connectivity index (χ4v) is 2.93. The zero-order valence-electron chi connectivity index (χ0n) is 14.5. The van der Waals surface area contributed by atoms with Gasteiger partial charge in [0.1, 0.15) is 0 Å². The maximum absolute atomic E-state index is 5.45. The largest absolute Gasteiger partial charge is 0.481 e. The van der Waals surface area contributed by atoms with Gasteiger partial charge in [-0.25, -0.2) is 9.67 Å². The van der Waals surface area contributed by atoms with Crippen LogP contribution in [0.4, 0.5) is 5.95 Å². The summed E-state index contributed by atoms with van der Waals surface area (Å²) in [5.41, 5.74) is 4.03. The van der Waals surface area contributed by atoms with Crippen LogP contribution in [0.5, 0.6) is 5.88 Å². The molecule has 1 aromatic carbocycles. The first-order chi connectivity index (χ1) is 11.7. The Morgan fingerprint density at radius 2 is 2.00 bits per heavy atom. The van der Waals surface area contributed by atoms with E-state index < -0.39 is 0 Å². The molecule has 0 amide bonds. The van der Waals surface area contributed by atoms with E-state index in [1.54, 1.807) is 18.9 Å². The number of ether oxygens (including phenoxy) is 2. The van der Waals surface area contributed by atoms with Crippen molar-refractivity contribution >= 4 is 17.0 Å². The zero-order chi connectivity index (χ0) is 17.1. The van der Waals surface area contributed by atoms with Crippen LogP contribution in [0.3, 0.4) is 0 Å². The molecule has 1 N–H and O–H groups in total. The summed E-state index contributed by atoms with van der Waals surface area (Å²) in [6, 6.07) is 8.10. The molecule has 128 valence electrons. The summed E-state index contributed by atoms with van der Waals surface area (Å²) in [6.45, 7) is 3.94. The molecular formula is C17H23N5O2. The van der Waals surface area contributed by atoms with Gasteiger partial charge >= 0.3 is 0 Å². The number of aryl methyl sites for hydroxylation is 2. The van der Waals surface area contributed by atoms with E-state index in [-0.39, 0.29) is 0 Å². The molecular weight excluding hydrogens is 306 g/mol. The molecule has 0 radical (unpaired) electrons. The number of hydrogen-bond acceptors (Lipinski definition) is 5. The van der Waals surface area contributed by atoms with E-state index in [0.29, 0.717) is 13.2 Å². The molecule has 2 heterocycles. The van der Waals surface area contributed by atoms with E-state index in [4.69, 9.17) is 14.5 Å². The van der Waals surface area contributed by atoms with E-state index in [0.717, 1.165) is 40.7 Å². The van der Waals surface area contributed by atoms with Crippen LogP contribution in [-0.4, -0.2) is 40.2 Å². The Morgan fingerprint density at radius 3 is 2.75 bits per heavy atom. The molecule has 7 nitrogen and oxygen atoms in total. The number of methoxy groups -OCH3 is 2. The van der Waals surface area contributed by atoms with Gasteiger partial charge in [0.05, 0.1) is 42.6 Å². The van der Waals surface area contributed by atoms with Gasteiger partial charge in [0.2, 0.25) is 11.8 Å². The first kappa shape index (κ1) is 16.3. The molecule has 24 heavy (non-hydrogen) atoms. The Bertz CT molecular complexity index is 837. The van der Waals surface area contributed by atoms with Crippen LogP contribution in [0.15, 0.2) is 24.3 Å². The van der Waals surface area contributed by atoms with Crippen LogP contribution in [0, 0.1) is 6.92 Å². The molecule has 2 aromatic heterocycles. The van der Waals surface area contributed by atoms with Crippen molar-refractivity contribution < 1.29 is 9.47 Å². The minimum Gasteiger partial charge on any atom is -0.481 e. The maximum atomic E-state index is 5.45. The maximum Gasteiger partial charge on any atom is 0.216 e. The van der Waals surface area contributed by atoms with Gasteiger partial charge in [-0.2, -0.15) is 5.10 Å². The SMILES string of the molecule is COCCn1c(NCc2c(C)nn(C)c2OC)nc2ccccc21. The second-order valence-corrected chi connectivity index (χ2v) is 5.62. The second-order valence-electron chi connectivity index (χ2n) is 5.62. The third kappa shape index (κ3) is 2.94. The molecule has 0 aliphatic rings. The number of benzene rings is 1. The Hall–Kier alpha value is -2.54. The number of rotatable bonds is 7. The molecule has 0 saturated heterocycles. The fourth-order valence-electron chi connectivity index (χ4n) is 2.93. The monoisotopic (exact) mass is 329 g/mol. The molecule has 3 rings (SSSR count). The Labute approximate surface area is 141 Å². The zero-order valence-corrected chi connectivity index (χ0v) is 14.5. The van der Waals surface area contributed by atoms with Gasteiger partial charge in [0, 0.05) is 20.7 Å². The lowest BCUT2D eigenvalue weighted by molar-refractivity contribution is 0.188. The summed E-state index contributed by atoms with van der Waals surface area (Å²) < 4.78 is 14.6. The van der Waals surface area contributed by atoms with Crippen molar-refractivity contribution in [2.24, 2.45) is 7.05 Å². The lowest BCUT2D eigenvalue weighted by atomic mass is 10.2. The molecule has 0 aliphatic carbocycles. The molecule has 0 atom stereocenters. The van der Waals surface area contributed by atoms with Gasteiger partial charge in [-0.3, -0.25) is 0 Å². The molecule has 3 aromatic rings. The molecule has 7 heteroatoms. The number of para-hydroxylation sites is 2. The second kappa shape index (κ2) is 6.92. The summed E-state index contributed by atoms with van der Waals surface area (Å²) in [4.78, 5) is 4.70. The summed E-state index contributed by atoms with van der Waals surface area (Å²) in [7, 11) is 5.24. The fraction of sp³-hybridized carbons (Fsp3) is 0.412. The standard InChI is InChI=1S/C17H23N5O2/c1-12-13(16(24-4)21(2)20-12)11-18-17-19-14-7-5-6-8-15(14)22(17)9-10-23-3/h5-8H,9-11H2,1-4H3,(H,18,19). The van der Waals surface area contributed by atoms with Crippen molar-refractivity contribution in [2.75, 3.05) is 26.1 Å². The van der Waals surface area contributed by atoms with Crippen molar-refractivity contribution in [3.05, 3.63) is 35.5 Å². The Kier molecular flexibility index (Phi) is 4.71. The number of hydrogen-bond donors (Lipinski definition) is 1. The average Bonchev–Trinajstić information content (AvgIpc) is 3.07. The Morgan fingerprint density at radius 1 is 1.21 bits per heavy atom. The predicted octanol–water partition coefficient (Wildman–Crippen LogP) is 2.35. The summed E-state index contributed by atoms with van der Waals surface area (Å²) in [6.07, 6.45) is 0. The number of imidazole rings is 1. The van der Waals surface area contributed by atoms with E-state index in [1.807, 2.05) is 32.2 Å². The van der Waals surface area contributed by atoms with Gasteiger partial charge in [-0.05, 0) is 19.1 Å². The topological polar surface area (TPSA) is 66.1 Å². The van der Waals surface area contributed by atoms with Crippen molar-refractivity contribution in [3.63, 3.8) is 0 Å². The number of nitrogens with one attached hydrogen (secondary N) is 1. The lowest BCUT2D eigenvalue weighted by Crippen LogP contribution is -2.11. The van der Waals surface area contributed by atoms with Gasteiger partial charge in [-0.1, -0.05) is 12.1 Å². The van der Waals surface area contributed by atoms with E-state index in [1.165, 1.54) is 0 Å². The number of nitrogens with zero attached hydrogens (tertiary/aromatic N) is 4. The van der Waals surface area contributed by atoms with Crippen LogP contribution >= 0.6 is 0 Å². The number of aromatic nitrogens is 4. The minimum atomic E-state index is 0.596. The highest BCUT2D eigenvalue weighted by Gasteiger charge is 2.15. The third-order valence-corrected chi connectivity index (χ3v) is 4.08. The minimum absolute atomic E-state index is 0.596. The quantitative estimate of drug-likeness (QED) is 0.721.